The molecule has 0 aliphatic carbocycles. The molecule has 4 aromatic rings. The van der Waals surface area contributed by atoms with Crippen molar-refractivity contribution in [1.29, 1.82) is 0 Å². The lowest BCUT2D eigenvalue weighted by Crippen LogP contribution is -2.20. The third kappa shape index (κ3) is 3.50. The van der Waals surface area contributed by atoms with Gasteiger partial charge in [-0.05, 0) is 24.3 Å². The van der Waals surface area contributed by atoms with Gasteiger partial charge in [0.15, 0.2) is 11.6 Å². The number of ether oxygens (including phenoxy) is 1. The molecule has 0 radical (unpaired) electrons. The predicted octanol–water partition coefficient (Wildman–Crippen LogP) is 2.56. The number of carbonyl (C=O) groups excluding carboxylic acids is 1. The number of hydrogen-bond donors (Lipinski definition) is 3. The van der Waals surface area contributed by atoms with Crippen LogP contribution in [-0.4, -0.2) is 44.5 Å². The van der Waals surface area contributed by atoms with Crippen LogP contribution in [0, 0.1) is 0 Å². The molecule has 3 N–H and O–H groups in total. The average molecular weight is 412 g/mol. The second-order valence-corrected chi connectivity index (χ2v) is 6.31. The van der Waals surface area contributed by atoms with E-state index in [1.165, 1.54) is 25.4 Å². The van der Waals surface area contributed by atoms with Crippen LogP contribution in [0.15, 0.2) is 42.7 Å². The summed E-state index contributed by atoms with van der Waals surface area (Å²) in [4.78, 5) is 17.2. The molecule has 0 aliphatic heterocycles. The number of carbonyl (C=O) groups is 1. The minimum absolute atomic E-state index is 0.00437. The fraction of sp³-hybridized carbons (Fsp3) is 0.200. The number of aromatic nitrogens is 5. The molecular formula is C20H22N8O2. The number of amides is 1. The van der Waals surface area contributed by atoms with Gasteiger partial charge in [-0.15, -0.1) is 0 Å². The molecular weight excluding hydrogens is 384 g/mol. The third-order valence-electron chi connectivity index (χ3n) is 4.37. The molecule has 3 aromatic heterocycles. The molecule has 0 fully saturated rings. The first kappa shape index (κ1) is 13.2. The van der Waals surface area contributed by atoms with Crippen LogP contribution in [0.1, 0.15) is 18.6 Å². The molecule has 10 nitrogen and oxygen atoms in total. The second-order valence-electron chi connectivity index (χ2n) is 6.31. The maximum absolute atomic E-state index is 12.7. The van der Waals surface area contributed by atoms with Crippen LogP contribution in [0.25, 0.3) is 10.9 Å². The Hall–Kier alpha value is -4.08. The summed E-state index contributed by atoms with van der Waals surface area (Å²) in [7, 11) is 3.12. The van der Waals surface area contributed by atoms with E-state index in [9.17, 15) is 4.79 Å². The molecule has 0 atom stereocenters. The van der Waals surface area contributed by atoms with Gasteiger partial charge in [0.05, 0.1) is 24.6 Å². The van der Waals surface area contributed by atoms with E-state index in [0.29, 0.717) is 17.0 Å². The molecule has 4 rings (SSSR count). The van der Waals surface area contributed by atoms with Gasteiger partial charge in [-0.25, -0.2) is 4.98 Å². The zero-order valence-corrected chi connectivity index (χ0v) is 16.1. The van der Waals surface area contributed by atoms with Crippen molar-refractivity contribution in [2.24, 2.45) is 14.0 Å². The standard InChI is InChI=1S/C20H22N8O2/c1-21-20(29)13-6-8-15(24-16-9-10-27(2)26-16)25-19(13)23-14-7-5-12-11-22-28(3)17(12)18(14)30-4/h5-11H,1-4H3,(H,21,29)(H2,23,24,25,26)/i1D3,3D3. The molecule has 0 spiro atoms. The lowest BCUT2D eigenvalue weighted by Gasteiger charge is -2.15. The normalized spacial score (nSPS) is 14.6. The Balaban J connectivity index is 1.80. The van der Waals surface area contributed by atoms with Gasteiger partial charge < -0.3 is 20.7 Å². The van der Waals surface area contributed by atoms with E-state index in [-0.39, 0.29) is 28.3 Å². The third-order valence-corrected chi connectivity index (χ3v) is 4.37. The van der Waals surface area contributed by atoms with Crippen molar-refractivity contribution in [2.45, 2.75) is 0 Å². The number of benzene rings is 1. The van der Waals surface area contributed by atoms with E-state index in [4.69, 9.17) is 13.0 Å². The average Bonchev–Trinajstić information content (AvgIpc) is 3.38. The van der Waals surface area contributed by atoms with Crippen LogP contribution >= 0.6 is 0 Å². The number of pyridine rings is 1. The first-order valence-electron chi connectivity index (χ1n) is 11.8. The summed E-state index contributed by atoms with van der Waals surface area (Å²) in [6.45, 7) is -5.29. The molecule has 154 valence electrons. The number of anilines is 4. The van der Waals surface area contributed by atoms with E-state index in [2.05, 4.69) is 25.8 Å². The lowest BCUT2D eigenvalue weighted by molar-refractivity contribution is 0.0963. The molecule has 0 bridgehead atoms. The Morgan fingerprint density at radius 1 is 1.17 bits per heavy atom. The van der Waals surface area contributed by atoms with Gasteiger partial charge in [-0.2, -0.15) is 10.2 Å². The Morgan fingerprint density at radius 2 is 2.07 bits per heavy atom. The highest BCUT2D eigenvalue weighted by Gasteiger charge is 2.17. The fourth-order valence-corrected chi connectivity index (χ4v) is 3.01. The lowest BCUT2D eigenvalue weighted by atomic mass is 10.2. The molecule has 1 aromatic carbocycles. The van der Waals surface area contributed by atoms with Gasteiger partial charge in [0.2, 0.25) is 0 Å². The molecule has 0 unspecified atom stereocenters. The van der Waals surface area contributed by atoms with E-state index < -0.39 is 19.9 Å². The van der Waals surface area contributed by atoms with Crippen LogP contribution in [0.2, 0.25) is 0 Å². The van der Waals surface area contributed by atoms with Crippen LogP contribution < -0.4 is 20.7 Å². The molecule has 10 heteroatoms. The topological polar surface area (TPSA) is 111 Å². The van der Waals surface area contributed by atoms with Gasteiger partial charge in [0.1, 0.15) is 17.2 Å². The van der Waals surface area contributed by atoms with Crippen LogP contribution in [0.5, 0.6) is 5.75 Å². The van der Waals surface area contributed by atoms with Crippen molar-refractivity contribution in [3.8, 4) is 5.75 Å². The number of nitrogens with one attached hydrogen (secondary N) is 3. The minimum Gasteiger partial charge on any atom is -0.492 e. The van der Waals surface area contributed by atoms with Gasteiger partial charge >= 0.3 is 0 Å². The Kier molecular flexibility index (Phi) is 3.41. The molecule has 3 heterocycles. The summed E-state index contributed by atoms with van der Waals surface area (Å²) in [6, 6.07) is 7.86. The summed E-state index contributed by atoms with van der Waals surface area (Å²) in [5, 5.41) is 16.6. The SMILES string of the molecule is [2H]C([2H])([2H])NC(=O)c1ccc(Nc2ccn(C)n2)nc1Nc1ccc2cnn(C([2H])([2H])[2H])c2c1OC. The maximum Gasteiger partial charge on any atom is 0.254 e. The van der Waals surface area contributed by atoms with E-state index in [1.807, 2.05) is 5.32 Å². The molecule has 0 saturated heterocycles. The van der Waals surface area contributed by atoms with E-state index in [1.54, 1.807) is 36.1 Å². The summed E-state index contributed by atoms with van der Waals surface area (Å²) in [5.74, 6) is 0.0656. The van der Waals surface area contributed by atoms with Gasteiger partial charge in [0, 0.05) is 46.9 Å². The highest BCUT2D eigenvalue weighted by molar-refractivity contribution is 6.00. The van der Waals surface area contributed by atoms with E-state index >= 15 is 0 Å². The monoisotopic (exact) mass is 412 g/mol. The number of aryl methyl sites for hydroxylation is 2. The summed E-state index contributed by atoms with van der Waals surface area (Å²) < 4.78 is 53.4. The van der Waals surface area contributed by atoms with Crippen LogP contribution in [0.3, 0.4) is 0 Å². The van der Waals surface area contributed by atoms with Crippen molar-refractivity contribution in [3.63, 3.8) is 0 Å². The van der Waals surface area contributed by atoms with Crippen molar-refractivity contribution in [2.75, 3.05) is 24.7 Å². The largest absolute Gasteiger partial charge is 0.492 e. The van der Waals surface area contributed by atoms with Gasteiger partial charge in [-0.3, -0.25) is 14.2 Å². The number of nitrogens with zero attached hydrogens (tertiary/aromatic N) is 5. The predicted molar refractivity (Wildman–Crippen MR) is 115 cm³/mol. The number of rotatable bonds is 6. The smallest absolute Gasteiger partial charge is 0.254 e. The van der Waals surface area contributed by atoms with Crippen molar-refractivity contribution < 1.29 is 17.8 Å². The highest BCUT2D eigenvalue weighted by atomic mass is 16.5. The molecule has 1 amide bonds. The second kappa shape index (κ2) is 7.74. The van der Waals surface area contributed by atoms with Gasteiger partial charge in [-0.1, -0.05) is 0 Å². The first-order chi connectivity index (χ1) is 16.9. The number of fused-ring (bicyclic) bond motifs is 1. The molecule has 0 aliphatic rings. The van der Waals surface area contributed by atoms with Crippen LogP contribution in [0.4, 0.5) is 23.1 Å². The summed E-state index contributed by atoms with van der Waals surface area (Å²) in [6.07, 6.45) is 3.13. The fourth-order valence-electron chi connectivity index (χ4n) is 3.01. The zero-order chi connectivity index (χ0) is 26.3. The first-order valence-corrected chi connectivity index (χ1v) is 8.78. The maximum atomic E-state index is 12.7. The quantitative estimate of drug-likeness (QED) is 0.446. The minimum atomic E-state index is -2.72. The summed E-state index contributed by atoms with van der Waals surface area (Å²) in [5.41, 5.74) is 0.421. The Bertz CT molecular complexity index is 1430. The molecule has 30 heavy (non-hydrogen) atoms. The molecule has 0 saturated carbocycles. The summed E-state index contributed by atoms with van der Waals surface area (Å²) >= 11 is 0. The Morgan fingerprint density at radius 3 is 2.80 bits per heavy atom. The zero-order valence-electron chi connectivity index (χ0n) is 22.1. The van der Waals surface area contributed by atoms with Gasteiger partial charge in [0.25, 0.3) is 5.91 Å². The number of hydrogen-bond acceptors (Lipinski definition) is 7. The van der Waals surface area contributed by atoms with Crippen LogP contribution in [-0.2, 0) is 14.0 Å². The number of methoxy groups -OCH3 is 1. The van der Waals surface area contributed by atoms with Crippen molar-refractivity contribution in [3.05, 3.63) is 48.3 Å². The highest BCUT2D eigenvalue weighted by Crippen LogP contribution is 2.35. The van der Waals surface area contributed by atoms with Crippen molar-refractivity contribution >= 4 is 40.0 Å². The van der Waals surface area contributed by atoms with Crippen molar-refractivity contribution in [1.82, 2.24) is 29.9 Å². The van der Waals surface area contributed by atoms with E-state index in [0.717, 1.165) is 4.68 Å². The Labute approximate surface area is 181 Å².